The van der Waals surface area contributed by atoms with Gasteiger partial charge in [0, 0.05) is 20.9 Å². The molecule has 0 spiro atoms. The van der Waals surface area contributed by atoms with Crippen LogP contribution in [0.1, 0.15) is 24.6 Å². The zero-order valence-electron chi connectivity index (χ0n) is 6.74. The predicted octanol–water partition coefficient (Wildman–Crippen LogP) is 2.80. The Bertz CT molecular complexity index is 365. The molecule has 0 N–H and O–H groups in total. The van der Waals surface area contributed by atoms with Gasteiger partial charge in [-0.3, -0.25) is 0 Å². The maximum Gasteiger partial charge on any atom is 0.262 e. The quantitative estimate of drug-likeness (QED) is 0.724. The van der Waals surface area contributed by atoms with E-state index in [1.165, 1.54) is 11.3 Å². The molecule has 0 bridgehead atoms. The van der Waals surface area contributed by atoms with E-state index < -0.39 is 9.05 Å². The molecule has 0 aromatic carbocycles. The Morgan fingerprint density at radius 3 is 2.33 bits per heavy atom. The summed E-state index contributed by atoms with van der Waals surface area (Å²) in [5, 5.41) is 1.57. The van der Waals surface area contributed by atoms with Crippen molar-refractivity contribution in [2.75, 3.05) is 0 Å². The third kappa shape index (κ3) is 2.21. The lowest BCUT2D eigenvalue weighted by Gasteiger charge is -1.96. The third-order valence-corrected chi connectivity index (χ3v) is 4.16. The third-order valence-electron chi connectivity index (χ3n) is 1.45. The Balaban J connectivity index is 3.09. The largest absolute Gasteiger partial charge is 0.262 e. The molecule has 5 heteroatoms. The van der Waals surface area contributed by atoms with E-state index in [-0.39, 0.29) is 4.90 Å². The number of rotatable bonds is 2. The fourth-order valence-corrected chi connectivity index (χ4v) is 2.96. The molecule has 0 aliphatic carbocycles. The minimum Gasteiger partial charge on any atom is -0.207 e. The van der Waals surface area contributed by atoms with Crippen LogP contribution in [0, 0.1) is 0 Å². The van der Waals surface area contributed by atoms with Crippen molar-refractivity contribution in [1.29, 1.82) is 0 Å². The summed E-state index contributed by atoms with van der Waals surface area (Å²) in [6, 6.07) is 1.62. The van der Waals surface area contributed by atoms with Crippen LogP contribution in [0.15, 0.2) is 16.3 Å². The van der Waals surface area contributed by atoms with Crippen molar-refractivity contribution in [1.82, 2.24) is 0 Å². The van der Waals surface area contributed by atoms with Crippen molar-refractivity contribution in [3.63, 3.8) is 0 Å². The Kier molecular flexibility index (Phi) is 2.81. The smallest absolute Gasteiger partial charge is 0.207 e. The normalized spacial score (nSPS) is 12.3. The highest BCUT2D eigenvalue weighted by atomic mass is 35.7. The van der Waals surface area contributed by atoms with E-state index in [9.17, 15) is 8.42 Å². The van der Waals surface area contributed by atoms with Crippen molar-refractivity contribution in [3.05, 3.63) is 16.3 Å². The van der Waals surface area contributed by atoms with E-state index in [0.717, 1.165) is 4.88 Å². The first-order valence-corrected chi connectivity index (χ1v) is 6.63. The van der Waals surface area contributed by atoms with Gasteiger partial charge in [0.15, 0.2) is 0 Å². The number of hydrogen-bond acceptors (Lipinski definition) is 3. The minimum atomic E-state index is -3.53. The lowest BCUT2D eigenvalue weighted by atomic mass is 10.2. The van der Waals surface area contributed by atoms with Crippen LogP contribution in [0.25, 0.3) is 0 Å². The fourth-order valence-electron chi connectivity index (χ4n) is 0.765. The van der Waals surface area contributed by atoms with Gasteiger partial charge in [0.25, 0.3) is 9.05 Å². The molecule has 0 fully saturated rings. The number of halogens is 1. The van der Waals surface area contributed by atoms with Crippen LogP contribution in [0.4, 0.5) is 0 Å². The molecule has 1 aromatic rings. The molecule has 12 heavy (non-hydrogen) atoms. The summed E-state index contributed by atoms with van der Waals surface area (Å²) in [7, 11) is 1.62. The number of thiophene rings is 1. The second kappa shape index (κ2) is 3.36. The van der Waals surface area contributed by atoms with E-state index in [0.29, 0.717) is 5.92 Å². The van der Waals surface area contributed by atoms with Crippen LogP contribution in [-0.2, 0) is 9.05 Å². The topological polar surface area (TPSA) is 34.1 Å². The molecule has 0 saturated heterocycles. The van der Waals surface area contributed by atoms with Gasteiger partial charge in [-0.1, -0.05) is 13.8 Å². The monoisotopic (exact) mass is 224 g/mol. The summed E-state index contributed by atoms with van der Waals surface area (Å²) < 4.78 is 21.7. The summed E-state index contributed by atoms with van der Waals surface area (Å²) in [5.41, 5.74) is 0. The van der Waals surface area contributed by atoms with Gasteiger partial charge in [0.1, 0.15) is 0 Å². The van der Waals surface area contributed by atoms with E-state index >= 15 is 0 Å². The first-order chi connectivity index (χ1) is 5.41. The highest BCUT2D eigenvalue weighted by Crippen LogP contribution is 2.27. The van der Waals surface area contributed by atoms with Gasteiger partial charge >= 0.3 is 0 Å². The summed E-state index contributed by atoms with van der Waals surface area (Å²) >= 11 is 1.42. The standard InChI is InChI=1S/C7H9ClO2S2/c1-5(2)7-3-6(4-11-7)12(8,9)10/h3-5H,1-2H3. The van der Waals surface area contributed by atoms with Crippen LogP contribution >= 0.6 is 22.0 Å². The molecule has 0 aliphatic rings. The van der Waals surface area contributed by atoms with Crippen LogP contribution in [0.3, 0.4) is 0 Å². The molecule has 0 amide bonds. The number of hydrogen-bond donors (Lipinski definition) is 0. The molecule has 0 aliphatic heterocycles. The highest BCUT2D eigenvalue weighted by molar-refractivity contribution is 8.13. The van der Waals surface area contributed by atoms with E-state index in [1.54, 1.807) is 11.4 Å². The SMILES string of the molecule is CC(C)c1cc(S(=O)(=O)Cl)cs1. The summed E-state index contributed by atoms with van der Waals surface area (Å²) in [5.74, 6) is 0.349. The molecule has 2 nitrogen and oxygen atoms in total. The summed E-state index contributed by atoms with van der Waals surface area (Å²) in [6.45, 7) is 4.02. The molecule has 0 saturated carbocycles. The Morgan fingerprint density at radius 2 is 2.08 bits per heavy atom. The summed E-state index contributed by atoms with van der Waals surface area (Å²) in [6.07, 6.45) is 0. The molecule has 0 atom stereocenters. The zero-order valence-corrected chi connectivity index (χ0v) is 9.13. The van der Waals surface area contributed by atoms with Gasteiger partial charge in [-0.25, -0.2) is 8.42 Å². The van der Waals surface area contributed by atoms with Crippen molar-refractivity contribution in [2.45, 2.75) is 24.7 Å². The maximum atomic E-state index is 10.8. The van der Waals surface area contributed by atoms with E-state index in [1.807, 2.05) is 13.8 Å². The minimum absolute atomic E-state index is 0.206. The van der Waals surface area contributed by atoms with Crippen LogP contribution < -0.4 is 0 Å². The Hall–Kier alpha value is -0.0600. The first-order valence-electron chi connectivity index (χ1n) is 3.44. The molecule has 68 valence electrons. The predicted molar refractivity (Wildman–Crippen MR) is 51.4 cm³/mol. The zero-order chi connectivity index (χ0) is 9.35. The van der Waals surface area contributed by atoms with E-state index in [2.05, 4.69) is 0 Å². The lowest BCUT2D eigenvalue weighted by Crippen LogP contribution is -1.86. The molecule has 1 aromatic heterocycles. The molecule has 1 rings (SSSR count). The molecule has 0 radical (unpaired) electrons. The van der Waals surface area contributed by atoms with Crippen molar-refractivity contribution in [3.8, 4) is 0 Å². The van der Waals surface area contributed by atoms with Gasteiger partial charge in [0.2, 0.25) is 0 Å². The Labute approximate surface area is 80.6 Å². The second-order valence-corrected chi connectivity index (χ2v) is 6.29. The highest BCUT2D eigenvalue weighted by Gasteiger charge is 2.13. The van der Waals surface area contributed by atoms with Crippen molar-refractivity contribution >= 4 is 31.1 Å². The lowest BCUT2D eigenvalue weighted by molar-refractivity contribution is 0.610. The van der Waals surface area contributed by atoms with E-state index in [4.69, 9.17) is 10.7 Å². The van der Waals surface area contributed by atoms with Crippen molar-refractivity contribution in [2.24, 2.45) is 0 Å². The van der Waals surface area contributed by atoms with Gasteiger partial charge in [-0.2, -0.15) is 0 Å². The van der Waals surface area contributed by atoms with Gasteiger partial charge in [-0.05, 0) is 12.0 Å². The van der Waals surface area contributed by atoms with Crippen LogP contribution in [0.2, 0.25) is 0 Å². The molecular formula is C7H9ClO2S2. The fraction of sp³-hybridized carbons (Fsp3) is 0.429. The molecule has 1 heterocycles. The van der Waals surface area contributed by atoms with Gasteiger partial charge in [0.05, 0.1) is 4.90 Å². The summed E-state index contributed by atoms with van der Waals surface area (Å²) in [4.78, 5) is 1.24. The van der Waals surface area contributed by atoms with Crippen LogP contribution in [-0.4, -0.2) is 8.42 Å². The average molecular weight is 225 g/mol. The van der Waals surface area contributed by atoms with Gasteiger partial charge < -0.3 is 0 Å². The Morgan fingerprint density at radius 1 is 1.50 bits per heavy atom. The van der Waals surface area contributed by atoms with Crippen LogP contribution in [0.5, 0.6) is 0 Å². The van der Waals surface area contributed by atoms with Crippen molar-refractivity contribution < 1.29 is 8.42 Å². The maximum absolute atomic E-state index is 10.8. The van der Waals surface area contributed by atoms with Gasteiger partial charge in [-0.15, -0.1) is 11.3 Å². The second-order valence-electron chi connectivity index (χ2n) is 2.78. The first kappa shape index (κ1) is 10.0. The molecule has 0 unspecified atom stereocenters. The molecular weight excluding hydrogens is 216 g/mol. The average Bonchev–Trinajstić information content (AvgIpc) is 2.30.